The van der Waals surface area contributed by atoms with Crippen molar-refractivity contribution < 1.29 is 18.0 Å². The van der Waals surface area contributed by atoms with Crippen molar-refractivity contribution in [1.29, 1.82) is 0 Å². The Labute approximate surface area is 240 Å². The molecular weight excluding hydrogens is 557 g/mol. The van der Waals surface area contributed by atoms with Gasteiger partial charge in [-0.05, 0) is 64.4 Å². The van der Waals surface area contributed by atoms with Crippen LogP contribution in [0, 0.1) is 13.8 Å². The average Bonchev–Trinajstić information content (AvgIpc) is 2.88. The van der Waals surface area contributed by atoms with Crippen LogP contribution in [0.4, 0.5) is 5.69 Å². The maximum absolute atomic E-state index is 13.9. The molecule has 0 fully saturated rings. The number of hydrogen-bond acceptors (Lipinski definition) is 4. The smallest absolute Gasteiger partial charge is 0.264 e. The third-order valence-electron chi connectivity index (χ3n) is 6.16. The molecule has 0 bridgehead atoms. The Morgan fingerprint density at radius 2 is 1.44 bits per heavy atom. The molecule has 1 unspecified atom stereocenters. The van der Waals surface area contributed by atoms with E-state index in [1.807, 2.05) is 52.0 Å². The predicted molar refractivity (Wildman–Crippen MR) is 157 cm³/mol. The van der Waals surface area contributed by atoms with Crippen molar-refractivity contribution in [3.63, 3.8) is 0 Å². The molecule has 208 valence electrons. The summed E-state index contributed by atoms with van der Waals surface area (Å²) >= 11 is 12.7. The Morgan fingerprint density at radius 1 is 0.872 bits per heavy atom. The van der Waals surface area contributed by atoms with Crippen LogP contribution in [0.2, 0.25) is 10.0 Å². The Balaban J connectivity index is 2.07. The lowest BCUT2D eigenvalue weighted by atomic mass is 10.1. The number of nitrogens with one attached hydrogen (secondary N) is 1. The molecule has 7 nitrogen and oxygen atoms in total. The van der Waals surface area contributed by atoms with Gasteiger partial charge in [-0.2, -0.15) is 0 Å². The summed E-state index contributed by atoms with van der Waals surface area (Å²) in [6, 6.07) is 17.5. The van der Waals surface area contributed by atoms with Gasteiger partial charge in [0.05, 0.1) is 20.6 Å². The maximum Gasteiger partial charge on any atom is 0.264 e. The van der Waals surface area contributed by atoms with Crippen molar-refractivity contribution in [1.82, 2.24) is 10.2 Å². The highest BCUT2D eigenvalue weighted by atomic mass is 35.5. The summed E-state index contributed by atoms with van der Waals surface area (Å²) in [4.78, 5) is 28.3. The predicted octanol–water partition coefficient (Wildman–Crippen LogP) is 5.75. The molecule has 0 saturated heterocycles. The normalized spacial score (nSPS) is 12.2. The fraction of sp³-hybridized carbons (Fsp3) is 0.310. The summed E-state index contributed by atoms with van der Waals surface area (Å²) in [5, 5.41) is 2.98. The molecule has 0 heterocycles. The van der Waals surface area contributed by atoms with Crippen molar-refractivity contribution in [2.75, 3.05) is 10.8 Å². The minimum atomic E-state index is -4.24. The molecule has 0 aromatic heterocycles. The lowest BCUT2D eigenvalue weighted by Crippen LogP contribution is -2.52. The van der Waals surface area contributed by atoms with Crippen LogP contribution >= 0.6 is 23.2 Å². The van der Waals surface area contributed by atoms with Gasteiger partial charge in [0.25, 0.3) is 10.0 Å². The number of carbonyl (C=O) groups excluding carboxylic acids is 2. The zero-order chi connectivity index (χ0) is 28.9. The summed E-state index contributed by atoms with van der Waals surface area (Å²) in [5.74, 6) is -0.923. The molecule has 0 aliphatic rings. The first-order chi connectivity index (χ1) is 18.3. The zero-order valence-corrected chi connectivity index (χ0v) is 24.9. The summed E-state index contributed by atoms with van der Waals surface area (Å²) in [6.45, 7) is 8.58. The Kier molecular flexibility index (Phi) is 10.0. The summed E-state index contributed by atoms with van der Waals surface area (Å²) in [5.41, 5.74) is 2.79. The highest BCUT2D eigenvalue weighted by molar-refractivity contribution is 7.92. The van der Waals surface area contributed by atoms with E-state index < -0.39 is 28.5 Å². The van der Waals surface area contributed by atoms with Gasteiger partial charge in [0.2, 0.25) is 11.8 Å². The van der Waals surface area contributed by atoms with E-state index in [2.05, 4.69) is 5.32 Å². The largest absolute Gasteiger partial charge is 0.352 e. The fourth-order valence-corrected chi connectivity index (χ4v) is 5.79. The fourth-order valence-electron chi connectivity index (χ4n) is 3.91. The highest BCUT2D eigenvalue weighted by Crippen LogP contribution is 2.35. The molecule has 1 N–H and O–H groups in total. The molecule has 3 rings (SSSR count). The number of carbonyl (C=O) groups is 2. The van der Waals surface area contributed by atoms with Crippen LogP contribution < -0.4 is 9.62 Å². The number of hydrogen-bond donors (Lipinski definition) is 1. The first-order valence-corrected chi connectivity index (χ1v) is 14.7. The highest BCUT2D eigenvalue weighted by Gasteiger charge is 2.33. The van der Waals surface area contributed by atoms with E-state index in [0.717, 1.165) is 21.0 Å². The van der Waals surface area contributed by atoms with Gasteiger partial charge in [0.15, 0.2) is 0 Å². The molecule has 0 saturated carbocycles. The topological polar surface area (TPSA) is 86.8 Å². The summed E-state index contributed by atoms with van der Waals surface area (Å²) in [7, 11) is -4.24. The van der Waals surface area contributed by atoms with Gasteiger partial charge < -0.3 is 10.2 Å². The van der Waals surface area contributed by atoms with E-state index in [4.69, 9.17) is 23.2 Å². The third-order valence-corrected chi connectivity index (χ3v) is 8.74. The standard InChI is InChI=1S/C29H33Cl2N3O4S/c1-19(2)32-29(36)22(5)33(17-23-13-9-20(3)10-14-23)27(35)18-34(26-8-6-7-25(30)28(26)31)39(37,38)24-15-11-21(4)12-16-24/h6-16,19,22H,17-18H2,1-5H3,(H,32,36). The number of rotatable bonds is 10. The number of aryl methyl sites for hydroxylation is 2. The van der Waals surface area contributed by atoms with E-state index in [-0.39, 0.29) is 39.1 Å². The van der Waals surface area contributed by atoms with Crippen molar-refractivity contribution in [2.24, 2.45) is 0 Å². The molecule has 0 radical (unpaired) electrons. The van der Waals surface area contributed by atoms with E-state index in [9.17, 15) is 18.0 Å². The quantitative estimate of drug-likeness (QED) is 0.326. The lowest BCUT2D eigenvalue weighted by Gasteiger charge is -2.32. The van der Waals surface area contributed by atoms with E-state index >= 15 is 0 Å². The van der Waals surface area contributed by atoms with Crippen LogP contribution in [0.5, 0.6) is 0 Å². The first kappa shape index (κ1) is 30.5. The van der Waals surface area contributed by atoms with Crippen LogP contribution in [-0.2, 0) is 26.2 Å². The molecule has 1 atom stereocenters. The Bertz CT molecular complexity index is 1430. The number of anilines is 1. The van der Waals surface area contributed by atoms with Crippen molar-refractivity contribution in [3.05, 3.63) is 93.5 Å². The molecule has 0 aliphatic carbocycles. The number of nitrogens with zero attached hydrogens (tertiary/aromatic N) is 2. The van der Waals surface area contributed by atoms with E-state index in [1.165, 1.54) is 29.2 Å². The van der Waals surface area contributed by atoms with Crippen LogP contribution in [0.1, 0.15) is 37.5 Å². The molecular formula is C29H33Cl2N3O4S. The first-order valence-electron chi connectivity index (χ1n) is 12.5. The van der Waals surface area contributed by atoms with Crippen LogP contribution in [0.3, 0.4) is 0 Å². The van der Waals surface area contributed by atoms with E-state index in [0.29, 0.717) is 0 Å². The number of sulfonamides is 1. The van der Waals surface area contributed by atoms with Crippen LogP contribution in [-0.4, -0.2) is 43.8 Å². The molecule has 3 aromatic rings. The molecule has 10 heteroatoms. The number of amides is 2. The van der Waals surface area contributed by atoms with Gasteiger partial charge in [-0.1, -0.05) is 76.8 Å². The minimum Gasteiger partial charge on any atom is -0.352 e. The minimum absolute atomic E-state index is 0.00154. The maximum atomic E-state index is 13.9. The number of halogens is 2. The van der Waals surface area contributed by atoms with Crippen LogP contribution in [0.15, 0.2) is 71.6 Å². The monoisotopic (exact) mass is 589 g/mol. The summed E-state index contributed by atoms with van der Waals surface area (Å²) < 4.78 is 28.7. The van der Waals surface area contributed by atoms with Gasteiger partial charge in [-0.15, -0.1) is 0 Å². The summed E-state index contributed by atoms with van der Waals surface area (Å²) in [6.07, 6.45) is 0. The number of benzene rings is 3. The molecule has 0 aliphatic heterocycles. The second kappa shape index (κ2) is 12.9. The average molecular weight is 591 g/mol. The second-order valence-electron chi connectivity index (χ2n) is 9.74. The second-order valence-corrected chi connectivity index (χ2v) is 12.4. The van der Waals surface area contributed by atoms with Crippen molar-refractivity contribution >= 4 is 50.7 Å². The van der Waals surface area contributed by atoms with Gasteiger partial charge in [0.1, 0.15) is 12.6 Å². The van der Waals surface area contributed by atoms with Gasteiger partial charge in [-0.25, -0.2) is 8.42 Å². The molecule has 39 heavy (non-hydrogen) atoms. The zero-order valence-electron chi connectivity index (χ0n) is 22.6. The third kappa shape index (κ3) is 7.53. The Morgan fingerprint density at radius 3 is 2.00 bits per heavy atom. The molecule has 2 amide bonds. The Hall–Kier alpha value is -3.07. The van der Waals surface area contributed by atoms with Crippen molar-refractivity contribution in [2.45, 2.75) is 58.1 Å². The lowest BCUT2D eigenvalue weighted by molar-refractivity contribution is -0.139. The van der Waals surface area contributed by atoms with Gasteiger partial charge in [-0.3, -0.25) is 13.9 Å². The van der Waals surface area contributed by atoms with E-state index in [1.54, 1.807) is 25.1 Å². The van der Waals surface area contributed by atoms with Gasteiger partial charge in [0, 0.05) is 12.6 Å². The van der Waals surface area contributed by atoms with Crippen LogP contribution in [0.25, 0.3) is 0 Å². The molecule has 3 aromatic carbocycles. The molecule has 0 spiro atoms. The SMILES string of the molecule is Cc1ccc(CN(C(=O)CN(c2cccc(Cl)c2Cl)S(=O)(=O)c2ccc(C)cc2)C(C)C(=O)NC(C)C)cc1. The van der Waals surface area contributed by atoms with Crippen molar-refractivity contribution in [3.8, 4) is 0 Å². The van der Waals surface area contributed by atoms with Gasteiger partial charge >= 0.3 is 0 Å².